The molecule has 0 atom stereocenters. The lowest BCUT2D eigenvalue weighted by atomic mass is 10.1. The number of sulfonamides is 1. The third-order valence-corrected chi connectivity index (χ3v) is 5.03. The Kier molecular flexibility index (Phi) is 3.86. The third kappa shape index (κ3) is 2.84. The van der Waals surface area contributed by atoms with Crippen LogP contribution in [0.25, 0.3) is 0 Å². The SMILES string of the molecule is CC1(C)CN(S(=O)(=O)c2ccccc2C(=O)O)CCO1. The fraction of sp³-hybridized carbons (Fsp3) is 0.462. The zero-order valence-corrected chi connectivity index (χ0v) is 12.2. The molecule has 2 rings (SSSR count). The first-order chi connectivity index (χ1) is 9.24. The molecule has 1 aromatic rings. The summed E-state index contributed by atoms with van der Waals surface area (Å²) in [4.78, 5) is 11.0. The first-order valence-corrected chi connectivity index (χ1v) is 7.64. The van der Waals surface area contributed by atoms with Crippen LogP contribution in [-0.4, -0.2) is 49.1 Å². The molecule has 1 aliphatic rings. The van der Waals surface area contributed by atoms with Crippen molar-refractivity contribution in [2.75, 3.05) is 19.7 Å². The van der Waals surface area contributed by atoms with E-state index in [9.17, 15) is 13.2 Å². The molecule has 0 saturated carbocycles. The van der Waals surface area contributed by atoms with Crippen LogP contribution in [0.1, 0.15) is 24.2 Å². The molecule has 0 aliphatic carbocycles. The standard InChI is InChI=1S/C13H17NO5S/c1-13(2)9-14(7-8-19-13)20(17,18)11-6-4-3-5-10(11)12(15)16/h3-6H,7-9H2,1-2H3,(H,15,16). The van der Waals surface area contributed by atoms with Gasteiger partial charge in [-0.1, -0.05) is 12.1 Å². The second-order valence-electron chi connectivity index (χ2n) is 5.25. The second kappa shape index (κ2) is 5.16. The van der Waals surface area contributed by atoms with Crippen molar-refractivity contribution in [2.24, 2.45) is 0 Å². The predicted molar refractivity (Wildman–Crippen MR) is 72.2 cm³/mol. The summed E-state index contributed by atoms with van der Waals surface area (Å²) in [5, 5.41) is 9.12. The maximum atomic E-state index is 12.6. The highest BCUT2D eigenvalue weighted by Crippen LogP contribution is 2.25. The molecular formula is C13H17NO5S. The first kappa shape index (κ1) is 15.0. The van der Waals surface area contributed by atoms with Crippen LogP contribution in [0.15, 0.2) is 29.2 Å². The Morgan fingerprint density at radius 2 is 2.00 bits per heavy atom. The Morgan fingerprint density at radius 1 is 1.35 bits per heavy atom. The number of carboxylic acid groups (broad SMARTS) is 1. The number of benzene rings is 1. The number of rotatable bonds is 3. The molecule has 6 nitrogen and oxygen atoms in total. The molecule has 0 radical (unpaired) electrons. The van der Waals surface area contributed by atoms with E-state index < -0.39 is 21.6 Å². The maximum Gasteiger partial charge on any atom is 0.337 e. The van der Waals surface area contributed by atoms with E-state index >= 15 is 0 Å². The van der Waals surface area contributed by atoms with Crippen molar-refractivity contribution >= 4 is 16.0 Å². The van der Waals surface area contributed by atoms with E-state index in [2.05, 4.69) is 0 Å². The largest absolute Gasteiger partial charge is 0.478 e. The Labute approximate surface area is 118 Å². The van der Waals surface area contributed by atoms with Gasteiger partial charge in [0.15, 0.2) is 0 Å². The van der Waals surface area contributed by atoms with E-state index in [1.165, 1.54) is 28.6 Å². The molecule has 7 heteroatoms. The quantitative estimate of drug-likeness (QED) is 0.906. The molecule has 1 heterocycles. The predicted octanol–water partition coefficient (Wildman–Crippen LogP) is 1.18. The Hall–Kier alpha value is -1.44. The second-order valence-corrected chi connectivity index (χ2v) is 7.15. The van der Waals surface area contributed by atoms with Crippen LogP contribution >= 0.6 is 0 Å². The molecule has 1 aliphatic heterocycles. The van der Waals surface area contributed by atoms with Crippen LogP contribution in [0.3, 0.4) is 0 Å². The summed E-state index contributed by atoms with van der Waals surface area (Å²) in [6.45, 7) is 4.32. The molecule has 1 N–H and O–H groups in total. The van der Waals surface area contributed by atoms with Gasteiger partial charge in [0.25, 0.3) is 0 Å². The molecule has 1 saturated heterocycles. The number of hydrogen-bond donors (Lipinski definition) is 1. The van der Waals surface area contributed by atoms with Gasteiger partial charge in [-0.3, -0.25) is 0 Å². The van der Waals surface area contributed by atoms with Gasteiger partial charge in [-0.2, -0.15) is 4.31 Å². The van der Waals surface area contributed by atoms with E-state index in [0.717, 1.165) is 0 Å². The molecule has 110 valence electrons. The number of nitrogens with zero attached hydrogens (tertiary/aromatic N) is 1. The Morgan fingerprint density at radius 3 is 2.60 bits per heavy atom. The minimum atomic E-state index is -3.84. The van der Waals surface area contributed by atoms with Gasteiger partial charge < -0.3 is 9.84 Å². The number of carboxylic acids is 1. The van der Waals surface area contributed by atoms with Crippen LogP contribution in [0.4, 0.5) is 0 Å². The first-order valence-electron chi connectivity index (χ1n) is 6.20. The van der Waals surface area contributed by atoms with E-state index in [-0.39, 0.29) is 23.5 Å². The van der Waals surface area contributed by atoms with E-state index in [1.54, 1.807) is 13.8 Å². The molecule has 1 aromatic carbocycles. The van der Waals surface area contributed by atoms with Gasteiger partial charge in [0.1, 0.15) is 0 Å². The van der Waals surface area contributed by atoms with Crippen LogP contribution in [0.5, 0.6) is 0 Å². The Bertz CT molecular complexity index is 623. The number of ether oxygens (including phenoxy) is 1. The third-order valence-electron chi connectivity index (χ3n) is 3.13. The highest BCUT2D eigenvalue weighted by atomic mass is 32.2. The molecular weight excluding hydrogens is 282 g/mol. The monoisotopic (exact) mass is 299 g/mol. The highest BCUT2D eigenvalue weighted by molar-refractivity contribution is 7.89. The zero-order valence-electron chi connectivity index (χ0n) is 11.4. The van der Waals surface area contributed by atoms with Crippen molar-refractivity contribution in [1.29, 1.82) is 0 Å². The van der Waals surface area contributed by atoms with Crippen molar-refractivity contribution in [3.8, 4) is 0 Å². The number of morpholine rings is 1. The number of carbonyl (C=O) groups is 1. The van der Waals surface area contributed by atoms with Gasteiger partial charge in [-0.15, -0.1) is 0 Å². The van der Waals surface area contributed by atoms with Crippen LogP contribution in [0.2, 0.25) is 0 Å². The van der Waals surface area contributed by atoms with Crippen LogP contribution < -0.4 is 0 Å². The molecule has 0 unspecified atom stereocenters. The van der Waals surface area contributed by atoms with E-state index in [1.807, 2.05) is 0 Å². The summed E-state index contributed by atoms with van der Waals surface area (Å²) in [6, 6.07) is 5.64. The lowest BCUT2D eigenvalue weighted by molar-refractivity contribution is -0.0640. The lowest BCUT2D eigenvalue weighted by Gasteiger charge is -2.37. The zero-order chi connectivity index (χ0) is 15.0. The summed E-state index contributed by atoms with van der Waals surface area (Å²) in [7, 11) is -3.84. The molecule has 20 heavy (non-hydrogen) atoms. The summed E-state index contributed by atoms with van der Waals surface area (Å²) in [5.74, 6) is -1.25. The smallest absolute Gasteiger partial charge is 0.337 e. The van der Waals surface area contributed by atoms with Crippen LogP contribution in [0, 0.1) is 0 Å². The highest BCUT2D eigenvalue weighted by Gasteiger charge is 2.36. The van der Waals surface area contributed by atoms with Crippen molar-refractivity contribution in [1.82, 2.24) is 4.31 Å². The number of hydrogen-bond acceptors (Lipinski definition) is 4. The van der Waals surface area contributed by atoms with Crippen molar-refractivity contribution in [3.63, 3.8) is 0 Å². The summed E-state index contributed by atoms with van der Waals surface area (Å²) in [5.41, 5.74) is -0.791. The summed E-state index contributed by atoms with van der Waals surface area (Å²) >= 11 is 0. The van der Waals surface area contributed by atoms with Crippen LogP contribution in [-0.2, 0) is 14.8 Å². The van der Waals surface area contributed by atoms with Gasteiger partial charge in [-0.25, -0.2) is 13.2 Å². The lowest BCUT2D eigenvalue weighted by Crippen LogP contribution is -2.50. The Balaban J connectivity index is 2.43. The maximum absolute atomic E-state index is 12.6. The van der Waals surface area contributed by atoms with Crippen molar-refractivity contribution in [3.05, 3.63) is 29.8 Å². The average molecular weight is 299 g/mol. The molecule has 0 aromatic heterocycles. The van der Waals surface area contributed by atoms with Gasteiger partial charge >= 0.3 is 5.97 Å². The average Bonchev–Trinajstić information content (AvgIpc) is 2.37. The van der Waals surface area contributed by atoms with Gasteiger partial charge in [0, 0.05) is 13.1 Å². The normalized spacial score (nSPS) is 19.7. The summed E-state index contributed by atoms with van der Waals surface area (Å²) in [6.07, 6.45) is 0. The molecule has 0 amide bonds. The molecule has 0 spiro atoms. The molecule has 1 fully saturated rings. The van der Waals surface area contributed by atoms with Crippen molar-refractivity contribution < 1.29 is 23.1 Å². The van der Waals surface area contributed by atoms with E-state index in [4.69, 9.17) is 9.84 Å². The van der Waals surface area contributed by atoms with Crippen molar-refractivity contribution in [2.45, 2.75) is 24.3 Å². The van der Waals surface area contributed by atoms with Gasteiger partial charge in [0.2, 0.25) is 10.0 Å². The van der Waals surface area contributed by atoms with Gasteiger partial charge in [0.05, 0.1) is 22.7 Å². The minimum Gasteiger partial charge on any atom is -0.478 e. The number of aromatic carboxylic acids is 1. The minimum absolute atomic E-state index is 0.176. The summed E-state index contributed by atoms with van der Waals surface area (Å²) < 4.78 is 32.0. The topological polar surface area (TPSA) is 83.9 Å². The molecule has 0 bridgehead atoms. The fourth-order valence-corrected chi connectivity index (χ4v) is 3.94. The fourth-order valence-electron chi connectivity index (χ4n) is 2.19. The van der Waals surface area contributed by atoms with E-state index in [0.29, 0.717) is 6.61 Å². The van der Waals surface area contributed by atoms with Gasteiger partial charge in [-0.05, 0) is 26.0 Å².